The standard InChI is InChI=1S/C21H33NO3Si/c1-15(2)26(16(3)4,17(5)6)21-22-12-20(25-21)19(23)14-24-13-18-10-8-7-9-11-18/h7-12,15-17,19,23H,13-14H2,1-6H3. The smallest absolute Gasteiger partial charge is 0.167 e. The quantitative estimate of drug-likeness (QED) is 0.639. The van der Waals surface area contributed by atoms with Gasteiger partial charge in [-0.3, -0.25) is 0 Å². The van der Waals surface area contributed by atoms with Crippen molar-refractivity contribution in [1.29, 1.82) is 0 Å². The normalized spacial score (nSPS) is 13.8. The van der Waals surface area contributed by atoms with E-state index in [0.717, 1.165) is 11.1 Å². The van der Waals surface area contributed by atoms with Crippen LogP contribution >= 0.6 is 0 Å². The van der Waals surface area contributed by atoms with Crippen molar-refractivity contribution in [3.63, 3.8) is 0 Å². The van der Waals surface area contributed by atoms with Crippen molar-refractivity contribution >= 4 is 13.6 Å². The van der Waals surface area contributed by atoms with Crippen LogP contribution < -0.4 is 5.51 Å². The Kier molecular flexibility index (Phi) is 7.21. The summed E-state index contributed by atoms with van der Waals surface area (Å²) in [6.45, 7) is 14.3. The molecule has 0 bridgehead atoms. The summed E-state index contributed by atoms with van der Waals surface area (Å²) in [5, 5.41) is 10.5. The second-order valence-corrected chi connectivity index (χ2v) is 13.7. The zero-order valence-corrected chi connectivity index (χ0v) is 17.9. The molecule has 2 aromatic rings. The first-order valence-corrected chi connectivity index (χ1v) is 11.8. The van der Waals surface area contributed by atoms with Crippen molar-refractivity contribution in [1.82, 2.24) is 4.98 Å². The van der Waals surface area contributed by atoms with Gasteiger partial charge < -0.3 is 14.3 Å². The number of oxazole rings is 1. The van der Waals surface area contributed by atoms with E-state index >= 15 is 0 Å². The van der Waals surface area contributed by atoms with E-state index in [1.54, 1.807) is 6.20 Å². The van der Waals surface area contributed by atoms with Crippen molar-refractivity contribution in [2.75, 3.05) is 6.61 Å². The number of ether oxygens (including phenoxy) is 1. The lowest BCUT2D eigenvalue weighted by Crippen LogP contribution is -2.56. The lowest BCUT2D eigenvalue weighted by Gasteiger charge is -2.39. The van der Waals surface area contributed by atoms with Gasteiger partial charge in [0.05, 0.1) is 19.4 Å². The zero-order valence-electron chi connectivity index (χ0n) is 16.9. The summed E-state index contributed by atoms with van der Waals surface area (Å²) in [7, 11) is -1.94. The van der Waals surface area contributed by atoms with E-state index < -0.39 is 14.2 Å². The van der Waals surface area contributed by atoms with Crippen molar-refractivity contribution in [2.24, 2.45) is 0 Å². The molecule has 1 aromatic carbocycles. The van der Waals surface area contributed by atoms with Gasteiger partial charge in [-0.25, -0.2) is 4.98 Å². The summed E-state index contributed by atoms with van der Waals surface area (Å²) < 4.78 is 11.8. The molecule has 0 saturated carbocycles. The lowest BCUT2D eigenvalue weighted by atomic mass is 10.2. The molecule has 5 heteroatoms. The molecule has 0 fully saturated rings. The largest absolute Gasteiger partial charge is 0.448 e. The Labute approximate surface area is 158 Å². The predicted molar refractivity (Wildman–Crippen MR) is 108 cm³/mol. The van der Waals surface area contributed by atoms with E-state index in [2.05, 4.69) is 46.5 Å². The minimum Gasteiger partial charge on any atom is -0.448 e. The molecule has 0 aliphatic heterocycles. The molecule has 0 aliphatic rings. The Bertz CT molecular complexity index is 645. The van der Waals surface area contributed by atoms with Crippen LogP contribution in [0, 0.1) is 0 Å². The highest BCUT2D eigenvalue weighted by atomic mass is 28.3. The first-order chi connectivity index (χ1) is 12.3. The van der Waals surface area contributed by atoms with Gasteiger partial charge in [-0.15, -0.1) is 0 Å². The molecule has 26 heavy (non-hydrogen) atoms. The summed E-state index contributed by atoms with van der Waals surface area (Å²) in [5.41, 5.74) is 3.49. The molecule has 2 rings (SSSR count). The maximum absolute atomic E-state index is 10.5. The number of aliphatic hydroxyl groups is 1. The molecular weight excluding hydrogens is 342 g/mol. The predicted octanol–water partition coefficient (Wildman–Crippen LogP) is 4.81. The van der Waals surface area contributed by atoms with Crippen LogP contribution in [-0.4, -0.2) is 24.8 Å². The van der Waals surface area contributed by atoms with Crippen LogP contribution in [0.5, 0.6) is 0 Å². The number of benzene rings is 1. The van der Waals surface area contributed by atoms with Gasteiger partial charge in [-0.1, -0.05) is 71.9 Å². The molecule has 1 atom stereocenters. The first-order valence-electron chi connectivity index (χ1n) is 9.56. The molecule has 0 spiro atoms. The van der Waals surface area contributed by atoms with E-state index in [4.69, 9.17) is 9.15 Å². The highest BCUT2D eigenvalue weighted by molar-refractivity contribution is 6.93. The molecule has 0 amide bonds. The van der Waals surface area contributed by atoms with Gasteiger partial charge >= 0.3 is 0 Å². The zero-order chi connectivity index (χ0) is 19.3. The summed E-state index contributed by atoms with van der Waals surface area (Å²) in [5.74, 6) is 0.506. The SMILES string of the molecule is CC(C)[Si](c1ncc(C(O)COCc2ccccc2)o1)(C(C)C)C(C)C. The Morgan fingerprint density at radius 3 is 2.12 bits per heavy atom. The van der Waals surface area contributed by atoms with Crippen molar-refractivity contribution in [2.45, 2.75) is 70.9 Å². The van der Waals surface area contributed by atoms with Gasteiger partial charge in [0.15, 0.2) is 19.3 Å². The molecule has 1 heterocycles. The number of aliphatic hydroxyl groups excluding tert-OH is 1. The van der Waals surface area contributed by atoms with Crippen LogP contribution in [-0.2, 0) is 11.3 Å². The molecule has 4 nitrogen and oxygen atoms in total. The van der Waals surface area contributed by atoms with Crippen LogP contribution in [0.1, 0.15) is 59.0 Å². The third-order valence-corrected chi connectivity index (χ3v) is 12.2. The van der Waals surface area contributed by atoms with E-state index in [9.17, 15) is 5.11 Å². The third-order valence-electron chi connectivity index (χ3n) is 5.48. The fourth-order valence-electron chi connectivity index (χ4n) is 4.33. The maximum Gasteiger partial charge on any atom is 0.167 e. The van der Waals surface area contributed by atoms with Gasteiger partial charge in [0.25, 0.3) is 0 Å². The summed E-state index contributed by atoms with van der Waals surface area (Å²) >= 11 is 0. The fourth-order valence-corrected chi connectivity index (χ4v) is 10.4. The van der Waals surface area contributed by atoms with Crippen LogP contribution in [0.2, 0.25) is 16.6 Å². The highest BCUT2D eigenvalue weighted by Crippen LogP contribution is 2.40. The third kappa shape index (κ3) is 4.27. The van der Waals surface area contributed by atoms with E-state index in [-0.39, 0.29) is 6.61 Å². The van der Waals surface area contributed by atoms with Gasteiger partial charge in [0.2, 0.25) is 0 Å². The molecule has 1 aromatic heterocycles. The molecule has 0 aliphatic carbocycles. The van der Waals surface area contributed by atoms with Crippen LogP contribution in [0.25, 0.3) is 0 Å². The second-order valence-electron chi connectivity index (χ2n) is 7.98. The molecule has 1 N–H and O–H groups in total. The van der Waals surface area contributed by atoms with Crippen LogP contribution in [0.3, 0.4) is 0 Å². The Morgan fingerprint density at radius 2 is 1.58 bits per heavy atom. The van der Waals surface area contributed by atoms with Crippen LogP contribution in [0.15, 0.2) is 40.9 Å². The first kappa shape index (κ1) is 20.9. The molecule has 1 unspecified atom stereocenters. The number of aromatic nitrogens is 1. The van der Waals surface area contributed by atoms with Crippen LogP contribution in [0.4, 0.5) is 0 Å². The lowest BCUT2D eigenvalue weighted by molar-refractivity contribution is 0.0178. The van der Waals surface area contributed by atoms with Crippen molar-refractivity contribution < 1.29 is 14.3 Å². The number of hydrogen-bond acceptors (Lipinski definition) is 4. The van der Waals surface area contributed by atoms with Gasteiger partial charge in [-0.2, -0.15) is 0 Å². The second kappa shape index (κ2) is 8.98. The van der Waals surface area contributed by atoms with Crippen molar-refractivity contribution in [3.05, 3.63) is 47.9 Å². The van der Waals surface area contributed by atoms with E-state index in [1.807, 2.05) is 30.3 Å². The number of hydrogen-bond donors (Lipinski definition) is 1. The van der Waals surface area contributed by atoms with E-state index in [0.29, 0.717) is 29.0 Å². The van der Waals surface area contributed by atoms with Gasteiger partial charge in [-0.05, 0) is 22.2 Å². The van der Waals surface area contributed by atoms with Crippen molar-refractivity contribution in [3.8, 4) is 0 Å². The number of rotatable bonds is 9. The minimum atomic E-state index is -1.94. The average molecular weight is 376 g/mol. The Hall–Kier alpha value is -1.43. The molecule has 0 radical (unpaired) electrons. The molecule has 0 saturated heterocycles. The van der Waals surface area contributed by atoms with Gasteiger partial charge in [0, 0.05) is 0 Å². The summed E-state index contributed by atoms with van der Waals surface area (Å²) in [4.78, 5) is 4.62. The fraction of sp³-hybridized carbons (Fsp3) is 0.571. The number of nitrogens with zero attached hydrogens (tertiary/aromatic N) is 1. The minimum absolute atomic E-state index is 0.198. The summed E-state index contributed by atoms with van der Waals surface area (Å²) in [6, 6.07) is 9.94. The molecular formula is C21H33NO3Si. The maximum atomic E-state index is 10.5. The summed E-state index contributed by atoms with van der Waals surface area (Å²) in [6.07, 6.45) is 0.888. The Balaban J connectivity index is 2.09. The topological polar surface area (TPSA) is 55.5 Å². The Morgan fingerprint density at radius 1 is 1.00 bits per heavy atom. The van der Waals surface area contributed by atoms with Gasteiger partial charge in [0.1, 0.15) is 6.10 Å². The average Bonchev–Trinajstić information content (AvgIpc) is 3.05. The highest BCUT2D eigenvalue weighted by Gasteiger charge is 2.49. The molecule has 144 valence electrons. The monoisotopic (exact) mass is 375 g/mol. The van der Waals surface area contributed by atoms with E-state index in [1.165, 1.54) is 0 Å².